The summed E-state index contributed by atoms with van der Waals surface area (Å²) in [7, 11) is 0. The first kappa shape index (κ1) is 17.3. The number of ether oxygens (including phenoxy) is 1. The van der Waals surface area contributed by atoms with Crippen molar-refractivity contribution in [1.29, 1.82) is 0 Å². The number of H-pyrrole nitrogens is 1. The average molecular weight is 360 g/mol. The number of hydrogen-bond donors (Lipinski definition) is 1. The molecule has 0 aliphatic carbocycles. The summed E-state index contributed by atoms with van der Waals surface area (Å²) in [5, 5.41) is 0.574. The molecule has 0 fully saturated rings. The van der Waals surface area contributed by atoms with Gasteiger partial charge in [-0.2, -0.15) is 0 Å². The third-order valence-electron chi connectivity index (χ3n) is 3.99. The van der Waals surface area contributed by atoms with Crippen molar-refractivity contribution in [3.63, 3.8) is 0 Å². The Kier molecular flexibility index (Phi) is 4.67. The molecule has 3 rings (SSSR count). The molecular formula is C18H17FN2O3S. The highest BCUT2D eigenvalue weighted by molar-refractivity contribution is 7.18. The largest absolute Gasteiger partial charge is 0.454 e. The molecule has 5 nitrogen and oxygen atoms in total. The third kappa shape index (κ3) is 3.61. The van der Waals surface area contributed by atoms with Gasteiger partial charge in [0.05, 0.1) is 11.8 Å². The molecule has 0 unspecified atom stereocenters. The van der Waals surface area contributed by atoms with Gasteiger partial charge in [0.25, 0.3) is 5.56 Å². The quantitative estimate of drug-likeness (QED) is 0.722. The topological polar surface area (TPSA) is 72.0 Å². The first-order valence-corrected chi connectivity index (χ1v) is 8.60. The minimum atomic E-state index is -0.708. The fourth-order valence-electron chi connectivity index (χ4n) is 2.57. The van der Waals surface area contributed by atoms with E-state index in [9.17, 15) is 14.0 Å². The van der Waals surface area contributed by atoms with Gasteiger partial charge in [-0.1, -0.05) is 12.1 Å². The van der Waals surface area contributed by atoms with E-state index in [-0.39, 0.29) is 12.0 Å². The summed E-state index contributed by atoms with van der Waals surface area (Å²) in [6.07, 6.45) is -0.757. The van der Waals surface area contributed by atoms with Gasteiger partial charge in [0.1, 0.15) is 10.6 Å². The third-order valence-corrected chi connectivity index (χ3v) is 5.09. The van der Waals surface area contributed by atoms with E-state index in [1.807, 2.05) is 13.8 Å². The molecule has 130 valence electrons. The van der Waals surface area contributed by atoms with Crippen LogP contribution in [0.1, 0.15) is 34.9 Å². The van der Waals surface area contributed by atoms with Crippen molar-refractivity contribution in [3.8, 4) is 0 Å². The van der Waals surface area contributed by atoms with Crippen LogP contribution in [0.5, 0.6) is 0 Å². The van der Waals surface area contributed by atoms with Crippen molar-refractivity contribution in [1.82, 2.24) is 9.97 Å². The molecule has 1 atom stereocenters. The Morgan fingerprint density at radius 1 is 1.40 bits per heavy atom. The molecule has 1 aromatic carbocycles. The molecule has 0 spiro atoms. The number of benzene rings is 1. The van der Waals surface area contributed by atoms with Crippen LogP contribution in [-0.4, -0.2) is 15.9 Å². The van der Waals surface area contributed by atoms with Gasteiger partial charge in [-0.3, -0.25) is 9.59 Å². The smallest absolute Gasteiger partial charge is 0.310 e. The fraction of sp³-hybridized carbons (Fsp3) is 0.278. The fourth-order valence-corrected chi connectivity index (χ4v) is 3.61. The minimum absolute atomic E-state index is 0.0498. The van der Waals surface area contributed by atoms with Crippen molar-refractivity contribution < 1.29 is 13.9 Å². The maximum Gasteiger partial charge on any atom is 0.310 e. The molecule has 1 N–H and O–H groups in total. The van der Waals surface area contributed by atoms with Crippen LogP contribution < -0.4 is 5.56 Å². The zero-order valence-corrected chi connectivity index (χ0v) is 14.9. The highest BCUT2D eigenvalue weighted by atomic mass is 32.1. The van der Waals surface area contributed by atoms with E-state index in [2.05, 4.69) is 9.97 Å². The van der Waals surface area contributed by atoms with Crippen LogP contribution in [0.4, 0.5) is 4.39 Å². The zero-order chi connectivity index (χ0) is 18.1. The maximum absolute atomic E-state index is 13.2. The highest BCUT2D eigenvalue weighted by Crippen LogP contribution is 2.27. The number of rotatable bonds is 4. The van der Waals surface area contributed by atoms with Crippen LogP contribution in [0, 0.1) is 19.7 Å². The second-order valence-electron chi connectivity index (χ2n) is 5.85. The summed E-state index contributed by atoms with van der Waals surface area (Å²) in [4.78, 5) is 33.1. The van der Waals surface area contributed by atoms with Crippen molar-refractivity contribution in [2.45, 2.75) is 33.3 Å². The predicted molar refractivity (Wildman–Crippen MR) is 94.3 cm³/mol. The van der Waals surface area contributed by atoms with Crippen LogP contribution in [0.25, 0.3) is 10.2 Å². The highest BCUT2D eigenvalue weighted by Gasteiger charge is 2.18. The Balaban J connectivity index is 1.79. The molecular weight excluding hydrogens is 343 g/mol. The first-order valence-electron chi connectivity index (χ1n) is 7.79. The number of nitrogens with one attached hydrogen (secondary N) is 1. The zero-order valence-electron chi connectivity index (χ0n) is 14.1. The van der Waals surface area contributed by atoms with Gasteiger partial charge in [0.2, 0.25) is 0 Å². The molecule has 2 aromatic heterocycles. The maximum atomic E-state index is 13.2. The number of halogens is 1. The van der Waals surface area contributed by atoms with Gasteiger partial charge in [0.15, 0.2) is 11.9 Å². The summed E-state index contributed by atoms with van der Waals surface area (Å²) in [6.45, 7) is 5.46. The number of hydrogen-bond acceptors (Lipinski definition) is 5. The molecule has 0 saturated carbocycles. The Hall–Kier alpha value is -2.54. The molecule has 0 radical (unpaired) electrons. The summed E-state index contributed by atoms with van der Waals surface area (Å²) < 4.78 is 18.5. The minimum Gasteiger partial charge on any atom is -0.454 e. The predicted octanol–water partition coefficient (Wildman–Crippen LogP) is 3.59. The lowest BCUT2D eigenvalue weighted by atomic mass is 10.1. The van der Waals surface area contributed by atoms with Crippen LogP contribution in [0.2, 0.25) is 0 Å². The van der Waals surface area contributed by atoms with E-state index in [0.29, 0.717) is 21.6 Å². The Morgan fingerprint density at radius 2 is 2.16 bits per heavy atom. The number of nitrogens with zero attached hydrogens (tertiary/aromatic N) is 1. The van der Waals surface area contributed by atoms with E-state index in [1.165, 1.54) is 29.5 Å². The number of carbonyl (C=O) groups is 1. The van der Waals surface area contributed by atoms with Gasteiger partial charge in [-0.15, -0.1) is 11.3 Å². The molecule has 0 amide bonds. The number of carbonyl (C=O) groups excluding carboxylic acids is 1. The van der Waals surface area contributed by atoms with Gasteiger partial charge in [-0.25, -0.2) is 9.37 Å². The molecule has 2 heterocycles. The molecule has 0 bridgehead atoms. The number of fused-ring (bicyclic) bond motifs is 1. The van der Waals surface area contributed by atoms with E-state index in [1.54, 1.807) is 13.0 Å². The standard InChI is InChI=1S/C18H17FN2O3S/c1-9-11(3)25-18-15(9)17(23)20-16(21-18)10(2)24-14(22)8-12-5-4-6-13(19)7-12/h4-7,10H,8H2,1-3H3,(H,20,21,23)/t10-/m1/s1. The van der Waals surface area contributed by atoms with Crippen molar-refractivity contribution in [2.75, 3.05) is 0 Å². The SMILES string of the molecule is Cc1sc2nc([C@@H](C)OC(=O)Cc3cccc(F)c3)[nH]c(=O)c2c1C. The molecule has 3 aromatic rings. The van der Waals surface area contributed by atoms with Crippen molar-refractivity contribution >= 4 is 27.5 Å². The summed E-state index contributed by atoms with van der Waals surface area (Å²) in [6, 6.07) is 5.79. The first-order chi connectivity index (χ1) is 11.8. The lowest BCUT2D eigenvalue weighted by molar-refractivity contribution is -0.148. The number of aromatic nitrogens is 2. The second-order valence-corrected chi connectivity index (χ2v) is 7.06. The summed E-state index contributed by atoms with van der Waals surface area (Å²) in [5.74, 6) is -0.621. The van der Waals surface area contributed by atoms with Gasteiger partial charge in [-0.05, 0) is 44.0 Å². The second kappa shape index (κ2) is 6.76. The lowest BCUT2D eigenvalue weighted by Crippen LogP contribution is -2.18. The summed E-state index contributed by atoms with van der Waals surface area (Å²) >= 11 is 1.43. The van der Waals surface area contributed by atoms with E-state index in [4.69, 9.17) is 4.74 Å². The van der Waals surface area contributed by atoms with E-state index in [0.717, 1.165) is 10.4 Å². The monoisotopic (exact) mass is 360 g/mol. The van der Waals surface area contributed by atoms with Crippen LogP contribution in [0.3, 0.4) is 0 Å². The molecule has 25 heavy (non-hydrogen) atoms. The van der Waals surface area contributed by atoms with Crippen molar-refractivity contribution in [3.05, 3.63) is 62.3 Å². The lowest BCUT2D eigenvalue weighted by Gasteiger charge is -2.12. The van der Waals surface area contributed by atoms with Gasteiger partial charge in [0, 0.05) is 4.88 Å². The Morgan fingerprint density at radius 3 is 2.88 bits per heavy atom. The van der Waals surface area contributed by atoms with Crippen LogP contribution in [-0.2, 0) is 16.0 Å². The molecule has 0 aliphatic heterocycles. The molecule has 7 heteroatoms. The van der Waals surface area contributed by atoms with Crippen LogP contribution >= 0.6 is 11.3 Å². The van der Waals surface area contributed by atoms with E-state index >= 15 is 0 Å². The Bertz CT molecular complexity index is 1010. The average Bonchev–Trinajstić information content (AvgIpc) is 2.82. The number of thiophene rings is 1. The number of esters is 1. The normalized spacial score (nSPS) is 12.3. The Labute approximate surface area is 147 Å². The van der Waals surface area contributed by atoms with Gasteiger partial charge < -0.3 is 9.72 Å². The van der Waals surface area contributed by atoms with Crippen molar-refractivity contribution in [2.24, 2.45) is 0 Å². The summed E-state index contributed by atoms with van der Waals surface area (Å²) in [5.41, 5.74) is 1.20. The molecule has 0 saturated heterocycles. The number of aromatic amines is 1. The number of aryl methyl sites for hydroxylation is 2. The molecule has 0 aliphatic rings. The van der Waals surface area contributed by atoms with Crippen LogP contribution in [0.15, 0.2) is 29.1 Å². The van der Waals surface area contributed by atoms with E-state index < -0.39 is 17.9 Å². The van der Waals surface area contributed by atoms with Gasteiger partial charge >= 0.3 is 5.97 Å².